The molecule has 0 fully saturated rings. The highest BCUT2D eigenvalue weighted by Gasteiger charge is 2.17. The van der Waals surface area contributed by atoms with Gasteiger partial charge >= 0.3 is 0 Å². The van der Waals surface area contributed by atoms with Gasteiger partial charge in [-0.3, -0.25) is 0 Å². The molecule has 1 aromatic heterocycles. The van der Waals surface area contributed by atoms with Crippen molar-refractivity contribution in [1.29, 1.82) is 0 Å². The molecular weight excluding hydrogens is 206 g/mol. The number of likely N-dealkylation sites (N-methyl/N-ethyl adjacent to an activating group) is 1. The Morgan fingerprint density at radius 2 is 2.12 bits per heavy atom. The van der Waals surface area contributed by atoms with Crippen LogP contribution in [0.4, 0.5) is 0 Å². The van der Waals surface area contributed by atoms with Crippen LogP contribution >= 0.6 is 0 Å². The molecule has 0 aliphatic rings. The third-order valence-corrected chi connectivity index (χ3v) is 2.60. The lowest BCUT2D eigenvalue weighted by Gasteiger charge is -2.17. The fourth-order valence-electron chi connectivity index (χ4n) is 1.71. The standard InChI is InChI=1S/C12H15NO3/c1-13-7-10(14)12(15)9-2-3-11-8(6-9)4-5-16-11/h2-6,10,12-15H,7H2,1H3. The van der Waals surface area contributed by atoms with Crippen LogP contribution in [0.25, 0.3) is 11.0 Å². The quantitative estimate of drug-likeness (QED) is 0.722. The first-order valence-electron chi connectivity index (χ1n) is 5.20. The lowest BCUT2D eigenvalue weighted by Crippen LogP contribution is -2.29. The van der Waals surface area contributed by atoms with Crippen molar-refractivity contribution in [3.8, 4) is 0 Å². The zero-order chi connectivity index (χ0) is 11.5. The van der Waals surface area contributed by atoms with Crippen molar-refractivity contribution >= 4 is 11.0 Å². The van der Waals surface area contributed by atoms with E-state index in [1.54, 1.807) is 25.4 Å². The minimum absolute atomic E-state index is 0.352. The van der Waals surface area contributed by atoms with Gasteiger partial charge in [0, 0.05) is 11.9 Å². The van der Waals surface area contributed by atoms with Crippen molar-refractivity contribution in [2.24, 2.45) is 0 Å². The van der Waals surface area contributed by atoms with E-state index < -0.39 is 12.2 Å². The third-order valence-electron chi connectivity index (χ3n) is 2.60. The van der Waals surface area contributed by atoms with Crippen LogP contribution in [0.1, 0.15) is 11.7 Å². The van der Waals surface area contributed by atoms with E-state index in [9.17, 15) is 10.2 Å². The maximum atomic E-state index is 9.90. The Hall–Kier alpha value is -1.36. The van der Waals surface area contributed by atoms with Gasteiger partial charge in [-0.15, -0.1) is 0 Å². The Kier molecular flexibility index (Phi) is 3.24. The molecule has 0 radical (unpaired) electrons. The van der Waals surface area contributed by atoms with E-state index in [0.29, 0.717) is 12.1 Å². The van der Waals surface area contributed by atoms with Crippen LogP contribution in [0.15, 0.2) is 34.9 Å². The number of rotatable bonds is 4. The number of benzene rings is 1. The molecule has 0 aliphatic heterocycles. The predicted octanol–water partition coefficient (Wildman–Crippen LogP) is 1.05. The second-order valence-corrected chi connectivity index (χ2v) is 3.79. The topological polar surface area (TPSA) is 65.6 Å². The summed E-state index contributed by atoms with van der Waals surface area (Å²) in [6.45, 7) is 0.352. The fourth-order valence-corrected chi connectivity index (χ4v) is 1.71. The normalized spacial score (nSPS) is 15.2. The SMILES string of the molecule is CNCC(O)C(O)c1ccc2occc2c1. The van der Waals surface area contributed by atoms with E-state index in [1.165, 1.54) is 0 Å². The molecule has 3 N–H and O–H groups in total. The molecule has 2 unspecified atom stereocenters. The minimum Gasteiger partial charge on any atom is -0.464 e. The molecule has 0 amide bonds. The second kappa shape index (κ2) is 4.65. The maximum absolute atomic E-state index is 9.90. The van der Waals surface area contributed by atoms with Crippen molar-refractivity contribution in [2.75, 3.05) is 13.6 Å². The summed E-state index contributed by atoms with van der Waals surface area (Å²) in [5.74, 6) is 0. The van der Waals surface area contributed by atoms with Gasteiger partial charge in [0.25, 0.3) is 0 Å². The Morgan fingerprint density at radius 3 is 2.88 bits per heavy atom. The van der Waals surface area contributed by atoms with Crippen molar-refractivity contribution in [1.82, 2.24) is 5.32 Å². The average molecular weight is 221 g/mol. The number of hydrogen-bond donors (Lipinski definition) is 3. The predicted molar refractivity (Wildman–Crippen MR) is 61.1 cm³/mol. The number of aliphatic hydroxyl groups is 2. The summed E-state index contributed by atoms with van der Waals surface area (Å²) < 4.78 is 5.20. The van der Waals surface area contributed by atoms with E-state index >= 15 is 0 Å². The molecule has 16 heavy (non-hydrogen) atoms. The van der Waals surface area contributed by atoms with Crippen molar-refractivity contribution < 1.29 is 14.6 Å². The van der Waals surface area contributed by atoms with E-state index in [0.717, 1.165) is 11.0 Å². The summed E-state index contributed by atoms with van der Waals surface area (Å²) in [5, 5.41) is 23.3. The van der Waals surface area contributed by atoms with Crippen molar-refractivity contribution in [3.05, 3.63) is 36.1 Å². The first-order valence-corrected chi connectivity index (χ1v) is 5.20. The number of nitrogens with one attached hydrogen (secondary N) is 1. The Morgan fingerprint density at radius 1 is 1.31 bits per heavy atom. The van der Waals surface area contributed by atoms with Gasteiger partial charge in [0.1, 0.15) is 11.7 Å². The summed E-state index contributed by atoms with van der Waals surface area (Å²) in [6.07, 6.45) is -0.0914. The molecule has 2 aromatic rings. The van der Waals surface area contributed by atoms with Gasteiger partial charge in [0.2, 0.25) is 0 Å². The van der Waals surface area contributed by atoms with Crippen LogP contribution in [0.5, 0.6) is 0 Å². The summed E-state index contributed by atoms with van der Waals surface area (Å²) in [6, 6.07) is 7.20. The molecule has 0 aliphatic carbocycles. The molecule has 0 bridgehead atoms. The highest BCUT2D eigenvalue weighted by Crippen LogP contribution is 2.23. The smallest absolute Gasteiger partial charge is 0.133 e. The molecule has 4 heteroatoms. The lowest BCUT2D eigenvalue weighted by molar-refractivity contribution is 0.0203. The average Bonchev–Trinajstić information content (AvgIpc) is 2.75. The molecule has 86 valence electrons. The molecule has 0 spiro atoms. The zero-order valence-electron chi connectivity index (χ0n) is 9.05. The fraction of sp³-hybridized carbons (Fsp3) is 0.333. The molecule has 1 heterocycles. The van der Waals surface area contributed by atoms with Crippen molar-refractivity contribution in [2.45, 2.75) is 12.2 Å². The van der Waals surface area contributed by atoms with E-state index in [1.807, 2.05) is 12.1 Å². The minimum atomic E-state index is -0.883. The highest BCUT2D eigenvalue weighted by molar-refractivity contribution is 5.77. The molecule has 2 atom stereocenters. The summed E-state index contributed by atoms with van der Waals surface area (Å²) in [4.78, 5) is 0. The molecule has 2 rings (SSSR count). The number of aliphatic hydroxyl groups excluding tert-OH is 2. The van der Waals surface area contributed by atoms with E-state index in [2.05, 4.69) is 5.32 Å². The molecule has 0 saturated heterocycles. The zero-order valence-corrected chi connectivity index (χ0v) is 9.05. The van der Waals surface area contributed by atoms with Gasteiger partial charge in [-0.2, -0.15) is 0 Å². The van der Waals surface area contributed by atoms with Crippen LogP contribution in [0, 0.1) is 0 Å². The number of fused-ring (bicyclic) bond motifs is 1. The Labute approximate surface area is 93.5 Å². The van der Waals surface area contributed by atoms with Gasteiger partial charge in [0.15, 0.2) is 0 Å². The van der Waals surface area contributed by atoms with Gasteiger partial charge in [-0.05, 0) is 30.8 Å². The van der Waals surface area contributed by atoms with Gasteiger partial charge < -0.3 is 19.9 Å². The monoisotopic (exact) mass is 221 g/mol. The maximum Gasteiger partial charge on any atom is 0.133 e. The van der Waals surface area contributed by atoms with Gasteiger partial charge in [0.05, 0.1) is 12.4 Å². The van der Waals surface area contributed by atoms with Crippen LogP contribution in [-0.4, -0.2) is 29.9 Å². The lowest BCUT2D eigenvalue weighted by atomic mass is 10.0. The summed E-state index contributed by atoms with van der Waals surface area (Å²) in [7, 11) is 1.73. The van der Waals surface area contributed by atoms with Gasteiger partial charge in [-0.25, -0.2) is 0 Å². The van der Waals surface area contributed by atoms with E-state index in [4.69, 9.17) is 4.42 Å². The van der Waals surface area contributed by atoms with Crippen LogP contribution in [0.2, 0.25) is 0 Å². The number of hydrogen-bond acceptors (Lipinski definition) is 4. The van der Waals surface area contributed by atoms with Crippen LogP contribution in [0.3, 0.4) is 0 Å². The first kappa shape index (κ1) is 11.1. The Bertz CT molecular complexity index is 466. The van der Waals surface area contributed by atoms with E-state index in [-0.39, 0.29) is 0 Å². The molecular formula is C12H15NO3. The van der Waals surface area contributed by atoms with Crippen LogP contribution < -0.4 is 5.32 Å². The number of furan rings is 1. The highest BCUT2D eigenvalue weighted by atomic mass is 16.3. The van der Waals surface area contributed by atoms with Crippen LogP contribution in [-0.2, 0) is 0 Å². The molecule has 0 saturated carbocycles. The van der Waals surface area contributed by atoms with Gasteiger partial charge in [-0.1, -0.05) is 6.07 Å². The summed E-state index contributed by atoms with van der Waals surface area (Å²) >= 11 is 0. The third kappa shape index (κ3) is 2.09. The Balaban J connectivity index is 2.24. The second-order valence-electron chi connectivity index (χ2n) is 3.79. The summed E-state index contributed by atoms with van der Waals surface area (Å²) in [5.41, 5.74) is 1.47. The molecule has 4 nitrogen and oxygen atoms in total. The first-order chi connectivity index (χ1) is 7.72. The van der Waals surface area contributed by atoms with Crippen molar-refractivity contribution in [3.63, 3.8) is 0 Å². The largest absolute Gasteiger partial charge is 0.464 e. The molecule has 1 aromatic carbocycles.